The van der Waals surface area contributed by atoms with E-state index in [-0.39, 0.29) is 24.8 Å². The third-order valence-electron chi connectivity index (χ3n) is 3.51. The number of carbonyl (C=O) groups is 2. The Kier molecular flexibility index (Phi) is 4.62. The number of carbonyl (C=O) groups excluding carboxylic acids is 1. The number of carboxylic acid groups (broad SMARTS) is 1. The Morgan fingerprint density at radius 1 is 1.33 bits per heavy atom. The lowest BCUT2D eigenvalue weighted by Crippen LogP contribution is -2.35. The largest absolute Gasteiger partial charge is 0.481 e. The maximum absolute atomic E-state index is 12.0. The summed E-state index contributed by atoms with van der Waals surface area (Å²) in [6.07, 6.45) is 2.96. The first-order valence-corrected chi connectivity index (χ1v) is 7.10. The summed E-state index contributed by atoms with van der Waals surface area (Å²) in [5.74, 6) is -1.07. The fraction of sp³-hybridized carbons (Fsp3) is 0.375. The minimum absolute atomic E-state index is 0.0698. The van der Waals surface area contributed by atoms with E-state index in [1.54, 1.807) is 6.92 Å². The normalized spacial score (nSPS) is 12.3. The Labute approximate surface area is 123 Å². The van der Waals surface area contributed by atoms with Crippen molar-refractivity contribution in [2.75, 3.05) is 0 Å². The molecular weight excluding hydrogens is 268 g/mol. The maximum atomic E-state index is 12.0. The van der Waals surface area contributed by atoms with E-state index in [1.165, 1.54) is 5.56 Å². The zero-order valence-corrected chi connectivity index (χ0v) is 12.3. The van der Waals surface area contributed by atoms with E-state index in [2.05, 4.69) is 23.3 Å². The molecule has 0 aliphatic carbocycles. The Morgan fingerprint density at radius 2 is 2.10 bits per heavy atom. The Hall–Kier alpha value is -2.30. The number of fused-ring (bicyclic) bond motifs is 1. The highest BCUT2D eigenvalue weighted by atomic mass is 16.4. The van der Waals surface area contributed by atoms with E-state index in [9.17, 15) is 9.59 Å². The van der Waals surface area contributed by atoms with Crippen LogP contribution in [0.4, 0.5) is 0 Å². The van der Waals surface area contributed by atoms with Gasteiger partial charge in [-0.05, 0) is 24.5 Å². The first-order valence-electron chi connectivity index (χ1n) is 7.10. The fourth-order valence-electron chi connectivity index (χ4n) is 2.53. The summed E-state index contributed by atoms with van der Waals surface area (Å²) in [5, 5.41) is 12.5. The molecule has 1 aromatic heterocycles. The lowest BCUT2D eigenvalue weighted by molar-refractivity contribution is -0.137. The number of rotatable bonds is 6. The molecule has 0 fully saturated rings. The molecule has 21 heavy (non-hydrogen) atoms. The second-order valence-corrected chi connectivity index (χ2v) is 5.25. The Bertz CT molecular complexity index is 661. The average molecular weight is 288 g/mol. The quantitative estimate of drug-likeness (QED) is 0.762. The summed E-state index contributed by atoms with van der Waals surface area (Å²) < 4.78 is 0. The monoisotopic (exact) mass is 288 g/mol. The third-order valence-corrected chi connectivity index (χ3v) is 3.51. The summed E-state index contributed by atoms with van der Waals surface area (Å²) in [4.78, 5) is 25.8. The summed E-state index contributed by atoms with van der Waals surface area (Å²) in [7, 11) is 0. The van der Waals surface area contributed by atoms with Crippen molar-refractivity contribution in [3.05, 3.63) is 35.5 Å². The molecule has 0 saturated heterocycles. The summed E-state index contributed by atoms with van der Waals surface area (Å²) in [5.41, 5.74) is 3.22. The second-order valence-electron chi connectivity index (χ2n) is 5.25. The third kappa shape index (κ3) is 3.62. The number of hydrogen-bond acceptors (Lipinski definition) is 2. The number of H-pyrrole nitrogens is 1. The minimum Gasteiger partial charge on any atom is -0.481 e. The first kappa shape index (κ1) is 15.1. The number of aliphatic carboxylic acids is 1. The number of aromatic nitrogens is 1. The molecule has 0 aliphatic heterocycles. The van der Waals surface area contributed by atoms with Gasteiger partial charge < -0.3 is 15.4 Å². The smallest absolute Gasteiger partial charge is 0.305 e. The van der Waals surface area contributed by atoms with Gasteiger partial charge in [-0.1, -0.05) is 25.1 Å². The van der Waals surface area contributed by atoms with Crippen molar-refractivity contribution in [1.82, 2.24) is 10.3 Å². The van der Waals surface area contributed by atoms with Crippen molar-refractivity contribution in [1.29, 1.82) is 0 Å². The van der Waals surface area contributed by atoms with Crippen molar-refractivity contribution >= 4 is 22.8 Å². The number of aryl methyl sites for hydroxylation is 1. The number of carboxylic acids is 1. The van der Waals surface area contributed by atoms with Crippen LogP contribution in [-0.4, -0.2) is 28.0 Å². The number of aromatic amines is 1. The molecule has 5 heteroatoms. The molecule has 0 aliphatic rings. The van der Waals surface area contributed by atoms with Gasteiger partial charge in [0.05, 0.1) is 12.8 Å². The maximum Gasteiger partial charge on any atom is 0.305 e. The standard InChI is InChI=1S/C16H20N2O3/c1-3-11-5-4-6-13-12(9-17-16(11)13)8-14(19)18-10(2)7-15(20)21/h4-6,9-10,17H,3,7-8H2,1-2H3,(H,18,19)(H,20,21). The minimum atomic E-state index is -0.914. The van der Waals surface area contributed by atoms with Gasteiger partial charge >= 0.3 is 5.97 Å². The van der Waals surface area contributed by atoms with Gasteiger partial charge in [0.2, 0.25) is 5.91 Å². The molecular formula is C16H20N2O3. The van der Waals surface area contributed by atoms with Gasteiger partial charge in [0, 0.05) is 23.1 Å². The number of nitrogens with one attached hydrogen (secondary N) is 2. The van der Waals surface area contributed by atoms with E-state index >= 15 is 0 Å². The highest BCUT2D eigenvalue weighted by Gasteiger charge is 2.14. The van der Waals surface area contributed by atoms with Crippen LogP contribution in [0, 0.1) is 0 Å². The van der Waals surface area contributed by atoms with Crippen LogP contribution < -0.4 is 5.32 Å². The molecule has 0 radical (unpaired) electrons. The predicted octanol–water partition coefficient (Wildman–Crippen LogP) is 2.25. The van der Waals surface area contributed by atoms with Crippen LogP contribution >= 0.6 is 0 Å². The lowest BCUT2D eigenvalue weighted by Gasteiger charge is -2.11. The molecule has 0 bridgehead atoms. The van der Waals surface area contributed by atoms with E-state index < -0.39 is 5.97 Å². The van der Waals surface area contributed by atoms with Crippen LogP contribution in [-0.2, 0) is 22.4 Å². The van der Waals surface area contributed by atoms with Gasteiger partial charge in [-0.2, -0.15) is 0 Å². The molecule has 1 amide bonds. The molecule has 112 valence electrons. The number of benzene rings is 1. The molecule has 1 aromatic carbocycles. The molecule has 0 spiro atoms. The number of amides is 1. The van der Waals surface area contributed by atoms with Crippen LogP contribution in [0.25, 0.3) is 10.9 Å². The SMILES string of the molecule is CCc1cccc2c(CC(=O)NC(C)CC(=O)O)c[nH]c12. The highest BCUT2D eigenvalue weighted by Crippen LogP contribution is 2.22. The van der Waals surface area contributed by atoms with Gasteiger partial charge in [0.1, 0.15) is 0 Å². The molecule has 1 atom stereocenters. The molecule has 5 nitrogen and oxygen atoms in total. The van der Waals surface area contributed by atoms with Gasteiger partial charge in [0.25, 0.3) is 0 Å². The average Bonchev–Trinajstić information content (AvgIpc) is 2.80. The molecule has 1 unspecified atom stereocenters. The summed E-state index contributed by atoms with van der Waals surface area (Å²) in [6, 6.07) is 5.68. The van der Waals surface area contributed by atoms with Gasteiger partial charge in [-0.3, -0.25) is 9.59 Å². The van der Waals surface area contributed by atoms with E-state index in [0.717, 1.165) is 22.9 Å². The summed E-state index contributed by atoms with van der Waals surface area (Å²) >= 11 is 0. The summed E-state index contributed by atoms with van der Waals surface area (Å²) in [6.45, 7) is 3.78. The Morgan fingerprint density at radius 3 is 2.76 bits per heavy atom. The van der Waals surface area contributed by atoms with Crippen molar-refractivity contribution in [2.24, 2.45) is 0 Å². The zero-order valence-electron chi connectivity index (χ0n) is 12.3. The molecule has 1 heterocycles. The lowest BCUT2D eigenvalue weighted by atomic mass is 10.1. The van der Waals surface area contributed by atoms with Crippen molar-refractivity contribution < 1.29 is 14.7 Å². The number of hydrogen-bond donors (Lipinski definition) is 3. The van der Waals surface area contributed by atoms with Crippen molar-refractivity contribution in [3.8, 4) is 0 Å². The van der Waals surface area contributed by atoms with Crippen molar-refractivity contribution in [3.63, 3.8) is 0 Å². The predicted molar refractivity (Wildman–Crippen MR) is 81.2 cm³/mol. The van der Waals surface area contributed by atoms with Gasteiger partial charge in [0.15, 0.2) is 0 Å². The molecule has 2 rings (SSSR count). The first-order chi connectivity index (χ1) is 10.0. The highest BCUT2D eigenvalue weighted by molar-refractivity contribution is 5.90. The van der Waals surface area contributed by atoms with Crippen LogP contribution in [0.1, 0.15) is 31.4 Å². The topological polar surface area (TPSA) is 82.2 Å². The number of para-hydroxylation sites is 1. The fourth-order valence-corrected chi connectivity index (χ4v) is 2.53. The van der Waals surface area contributed by atoms with Crippen LogP contribution in [0.5, 0.6) is 0 Å². The van der Waals surface area contributed by atoms with Crippen molar-refractivity contribution in [2.45, 2.75) is 39.2 Å². The molecule has 3 N–H and O–H groups in total. The van der Waals surface area contributed by atoms with Gasteiger partial charge in [-0.25, -0.2) is 0 Å². The van der Waals surface area contributed by atoms with E-state index in [4.69, 9.17) is 5.11 Å². The van der Waals surface area contributed by atoms with Crippen LogP contribution in [0.15, 0.2) is 24.4 Å². The van der Waals surface area contributed by atoms with Crippen LogP contribution in [0.3, 0.4) is 0 Å². The Balaban J connectivity index is 2.10. The van der Waals surface area contributed by atoms with E-state index in [0.29, 0.717) is 0 Å². The van der Waals surface area contributed by atoms with E-state index in [1.807, 2.05) is 18.3 Å². The molecule has 2 aromatic rings. The zero-order chi connectivity index (χ0) is 15.4. The second kappa shape index (κ2) is 6.43. The van der Waals surface area contributed by atoms with Gasteiger partial charge in [-0.15, -0.1) is 0 Å². The molecule has 0 saturated carbocycles. The van der Waals surface area contributed by atoms with Crippen LogP contribution in [0.2, 0.25) is 0 Å².